The fourth-order valence-electron chi connectivity index (χ4n) is 0.980. The first kappa shape index (κ1) is 13.8. The molecule has 5 heteroatoms. The number of halogens is 3. The molecule has 0 aliphatic carbocycles. The normalized spacial score (nSPS) is 10.6. The number of carbonyl (C=O) groups is 1. The second-order valence-electron chi connectivity index (χ2n) is 2.64. The largest absolute Gasteiger partial charge is 0.384 e. The number of benzene rings is 1. The highest BCUT2D eigenvalue weighted by Crippen LogP contribution is 2.25. The molecule has 0 bridgehead atoms. The number of alkyl halides is 3. The molecule has 0 aliphatic rings. The maximum Gasteiger partial charge on any atom is 0.384 e. The molecule has 1 rings (SSSR count). The highest BCUT2D eigenvalue weighted by molar-refractivity contribution is 6.35. The molecule has 1 aromatic carbocycles. The van der Waals surface area contributed by atoms with Gasteiger partial charge in [-0.2, -0.15) is 8.78 Å². The lowest BCUT2D eigenvalue weighted by Gasteiger charge is -2.08. The third-order valence-corrected chi connectivity index (χ3v) is 1.82. The molecule has 72 valence electrons. The van der Waals surface area contributed by atoms with E-state index in [4.69, 9.17) is 0 Å². The van der Waals surface area contributed by atoms with E-state index in [2.05, 4.69) is 11.6 Å². The van der Waals surface area contributed by atoms with Crippen molar-refractivity contribution in [1.29, 1.82) is 0 Å². The van der Waals surface area contributed by atoms with Crippen LogP contribution in [-0.4, -0.2) is 34.2 Å². The summed E-state index contributed by atoms with van der Waals surface area (Å²) in [6, 6.07) is 6.09. The first-order valence-electron chi connectivity index (χ1n) is 3.60. The van der Waals surface area contributed by atoms with Crippen LogP contribution >= 0.6 is 11.6 Å². The van der Waals surface area contributed by atoms with Crippen LogP contribution in [0.25, 0.3) is 0 Å². The summed E-state index contributed by atoms with van der Waals surface area (Å²) in [6.07, 6.45) is 0. The van der Waals surface area contributed by atoms with E-state index < -0.39 is 11.2 Å². The third kappa shape index (κ3) is 3.18. The zero-order chi connectivity index (χ0) is 10.1. The first-order chi connectivity index (χ1) is 5.93. The van der Waals surface area contributed by atoms with Gasteiger partial charge >= 0.3 is 5.38 Å². The van der Waals surface area contributed by atoms with Gasteiger partial charge in [0, 0.05) is 28.6 Å². The average molecular weight is 229 g/mol. The Morgan fingerprint density at radius 2 is 1.86 bits per heavy atom. The fourth-order valence-corrected chi connectivity index (χ4v) is 1.08. The van der Waals surface area contributed by atoms with Crippen molar-refractivity contribution in [2.45, 2.75) is 12.3 Å². The molecule has 2 radical (unpaired) electrons. The van der Waals surface area contributed by atoms with E-state index in [-0.39, 0.29) is 28.6 Å². The molecule has 0 saturated carbocycles. The van der Waals surface area contributed by atoms with E-state index >= 15 is 0 Å². The van der Waals surface area contributed by atoms with Crippen LogP contribution < -0.4 is 0 Å². The van der Waals surface area contributed by atoms with Gasteiger partial charge in [-0.25, -0.2) is 0 Å². The summed E-state index contributed by atoms with van der Waals surface area (Å²) in [5.41, 5.74) is 0.454. The number of rotatable bonds is 2. The molecule has 0 N–H and O–H groups in total. The number of ketones is 1. The minimum atomic E-state index is -3.81. The van der Waals surface area contributed by atoms with E-state index in [1.165, 1.54) is 12.1 Å². The Kier molecular flexibility index (Phi) is 4.98. The molecule has 0 spiro atoms. The standard InChI is InChI=1S/C9H7ClF2O.Mg/c1-6-4-2-3-5-7(6)8(13)9(10,11)12;/h2-5H,1H3;. The molecule has 0 aromatic heterocycles. The van der Waals surface area contributed by atoms with Crippen LogP contribution in [0.1, 0.15) is 15.9 Å². The van der Waals surface area contributed by atoms with E-state index in [1.807, 2.05) is 0 Å². The molecule has 0 unspecified atom stereocenters. The summed E-state index contributed by atoms with van der Waals surface area (Å²) in [5.74, 6) is -1.35. The maximum atomic E-state index is 12.4. The second-order valence-corrected chi connectivity index (χ2v) is 3.12. The van der Waals surface area contributed by atoms with Crippen LogP contribution in [0.4, 0.5) is 8.78 Å². The summed E-state index contributed by atoms with van der Waals surface area (Å²) in [6.45, 7) is 1.58. The van der Waals surface area contributed by atoms with Crippen LogP contribution in [0.5, 0.6) is 0 Å². The molecule has 0 saturated heterocycles. The van der Waals surface area contributed by atoms with Crippen LogP contribution in [0.15, 0.2) is 24.3 Å². The van der Waals surface area contributed by atoms with E-state index in [0.29, 0.717) is 5.56 Å². The molecular weight excluding hydrogens is 222 g/mol. The van der Waals surface area contributed by atoms with Gasteiger partial charge in [-0.15, -0.1) is 0 Å². The zero-order valence-corrected chi connectivity index (χ0v) is 9.73. The lowest BCUT2D eigenvalue weighted by molar-refractivity contribution is 0.0535. The maximum absolute atomic E-state index is 12.4. The van der Waals surface area contributed by atoms with Crippen LogP contribution in [0, 0.1) is 6.92 Å². The van der Waals surface area contributed by atoms with Gasteiger partial charge in [-0.1, -0.05) is 24.3 Å². The minimum absolute atomic E-state index is 0. The van der Waals surface area contributed by atoms with E-state index in [9.17, 15) is 13.6 Å². The summed E-state index contributed by atoms with van der Waals surface area (Å²) in [4.78, 5) is 11.0. The van der Waals surface area contributed by atoms with Gasteiger partial charge in [0.15, 0.2) is 0 Å². The van der Waals surface area contributed by atoms with Crippen molar-refractivity contribution in [2.75, 3.05) is 0 Å². The van der Waals surface area contributed by atoms with Crippen molar-refractivity contribution in [3.63, 3.8) is 0 Å². The molecule has 0 aliphatic heterocycles. The summed E-state index contributed by atoms with van der Waals surface area (Å²) < 4.78 is 24.8. The Morgan fingerprint density at radius 1 is 1.36 bits per heavy atom. The van der Waals surface area contributed by atoms with Gasteiger partial charge in [0.25, 0.3) is 0 Å². The van der Waals surface area contributed by atoms with E-state index in [0.717, 1.165) is 0 Å². The fraction of sp³-hybridized carbons (Fsp3) is 0.222. The van der Waals surface area contributed by atoms with Crippen molar-refractivity contribution >= 4 is 40.4 Å². The summed E-state index contributed by atoms with van der Waals surface area (Å²) >= 11 is 4.61. The topological polar surface area (TPSA) is 17.1 Å². The monoisotopic (exact) mass is 228 g/mol. The van der Waals surface area contributed by atoms with Crippen LogP contribution in [0.3, 0.4) is 0 Å². The summed E-state index contributed by atoms with van der Waals surface area (Å²) in [7, 11) is 0. The summed E-state index contributed by atoms with van der Waals surface area (Å²) in [5, 5.41) is -3.81. The highest BCUT2D eigenvalue weighted by atomic mass is 35.5. The molecule has 0 amide bonds. The van der Waals surface area contributed by atoms with Crippen molar-refractivity contribution in [3.8, 4) is 0 Å². The van der Waals surface area contributed by atoms with Crippen molar-refractivity contribution < 1.29 is 13.6 Å². The third-order valence-electron chi connectivity index (χ3n) is 1.65. The average Bonchev–Trinajstić information content (AvgIpc) is 2.02. The number of Topliss-reactive ketones (excluding diaryl/α,β-unsaturated/α-hetero) is 1. The van der Waals surface area contributed by atoms with Gasteiger partial charge in [0.2, 0.25) is 5.78 Å². The van der Waals surface area contributed by atoms with Gasteiger partial charge in [0.1, 0.15) is 0 Å². The Morgan fingerprint density at radius 3 is 2.29 bits per heavy atom. The van der Waals surface area contributed by atoms with E-state index in [1.54, 1.807) is 19.1 Å². The smallest absolute Gasteiger partial charge is 0.286 e. The molecule has 14 heavy (non-hydrogen) atoms. The number of hydrogen-bond donors (Lipinski definition) is 0. The SMILES string of the molecule is Cc1ccccc1C(=O)C(F)(F)Cl.[Mg]. The number of aryl methyl sites for hydroxylation is 1. The van der Waals surface area contributed by atoms with Gasteiger partial charge in [-0.05, 0) is 24.1 Å². The van der Waals surface area contributed by atoms with Crippen LogP contribution in [-0.2, 0) is 0 Å². The van der Waals surface area contributed by atoms with Gasteiger partial charge in [-0.3, -0.25) is 4.79 Å². The lowest BCUT2D eigenvalue weighted by Crippen LogP contribution is -2.22. The Bertz CT molecular complexity index is 336. The second kappa shape index (κ2) is 5.05. The number of hydrogen-bond acceptors (Lipinski definition) is 1. The van der Waals surface area contributed by atoms with Gasteiger partial charge < -0.3 is 0 Å². The number of carbonyl (C=O) groups excluding carboxylic acids is 1. The van der Waals surface area contributed by atoms with Crippen molar-refractivity contribution in [3.05, 3.63) is 35.4 Å². The molecule has 1 aromatic rings. The Hall–Kier alpha value is -0.194. The van der Waals surface area contributed by atoms with Crippen molar-refractivity contribution in [1.82, 2.24) is 0 Å². The molecule has 0 atom stereocenters. The molecular formula is C9H7ClF2MgO. The Balaban J connectivity index is 0.00000169. The minimum Gasteiger partial charge on any atom is -0.286 e. The first-order valence-corrected chi connectivity index (χ1v) is 3.98. The quantitative estimate of drug-likeness (QED) is 0.432. The predicted octanol–water partition coefficient (Wildman–Crippen LogP) is 2.63. The predicted molar refractivity (Wildman–Crippen MR) is 52.1 cm³/mol. The lowest BCUT2D eigenvalue weighted by atomic mass is 10.1. The molecule has 0 fully saturated rings. The highest BCUT2D eigenvalue weighted by Gasteiger charge is 2.36. The molecule has 1 nitrogen and oxygen atoms in total. The Labute approximate surface area is 102 Å². The molecule has 0 heterocycles. The van der Waals surface area contributed by atoms with Crippen molar-refractivity contribution in [2.24, 2.45) is 0 Å². The zero-order valence-electron chi connectivity index (χ0n) is 7.56. The van der Waals surface area contributed by atoms with Gasteiger partial charge in [0.05, 0.1) is 0 Å². The van der Waals surface area contributed by atoms with Crippen LogP contribution in [0.2, 0.25) is 0 Å².